The molecule has 7 heteroatoms. The highest BCUT2D eigenvalue weighted by atomic mass is 79.9. The van der Waals surface area contributed by atoms with Crippen LogP contribution in [0.2, 0.25) is 0 Å². The quantitative estimate of drug-likeness (QED) is 0.851. The minimum atomic E-state index is -0.233. The van der Waals surface area contributed by atoms with Crippen molar-refractivity contribution in [3.05, 3.63) is 28.6 Å². The van der Waals surface area contributed by atoms with Crippen LogP contribution in [-0.4, -0.2) is 25.5 Å². The van der Waals surface area contributed by atoms with Crippen LogP contribution in [0.25, 0.3) is 0 Å². The van der Waals surface area contributed by atoms with Crippen LogP contribution in [0, 0.1) is 17.8 Å². The molecule has 0 radical (unpaired) electrons. The lowest BCUT2D eigenvalue weighted by Crippen LogP contribution is -2.52. The Labute approximate surface area is 155 Å². The van der Waals surface area contributed by atoms with Crippen LogP contribution in [0.3, 0.4) is 0 Å². The lowest BCUT2D eigenvalue weighted by Gasteiger charge is -2.56. The van der Waals surface area contributed by atoms with E-state index in [-0.39, 0.29) is 11.4 Å². The number of carbonyl (C=O) groups is 1. The Hall–Kier alpha value is -1.63. The summed E-state index contributed by atoms with van der Waals surface area (Å²) in [6.07, 6.45) is 11.8. The van der Waals surface area contributed by atoms with Gasteiger partial charge in [-0.25, -0.2) is 0 Å². The molecule has 1 amide bonds. The third-order valence-electron chi connectivity index (χ3n) is 6.32. The number of carbonyl (C=O) groups excluding carboxylic acids is 1. The Balaban J connectivity index is 1.37. The molecule has 4 fully saturated rings. The van der Waals surface area contributed by atoms with E-state index in [9.17, 15) is 4.79 Å². The predicted octanol–water partition coefficient (Wildman–Crippen LogP) is 3.56. The van der Waals surface area contributed by atoms with E-state index in [0.29, 0.717) is 16.0 Å². The fourth-order valence-electron chi connectivity index (χ4n) is 5.79. The van der Waals surface area contributed by atoms with E-state index in [1.54, 1.807) is 17.9 Å². The highest BCUT2D eigenvalue weighted by molar-refractivity contribution is 9.10. The molecule has 132 valence electrons. The van der Waals surface area contributed by atoms with Crippen LogP contribution in [0.5, 0.6) is 0 Å². The van der Waals surface area contributed by atoms with Crippen LogP contribution in [-0.2, 0) is 12.6 Å². The van der Waals surface area contributed by atoms with Gasteiger partial charge in [0, 0.05) is 25.5 Å². The van der Waals surface area contributed by atoms with E-state index in [0.717, 1.165) is 17.8 Å². The normalized spacial score (nSPS) is 33.0. The van der Waals surface area contributed by atoms with Gasteiger partial charge in [-0.2, -0.15) is 10.2 Å². The molecule has 4 bridgehead atoms. The van der Waals surface area contributed by atoms with Gasteiger partial charge in [0.25, 0.3) is 5.91 Å². The van der Waals surface area contributed by atoms with E-state index in [1.165, 1.54) is 38.5 Å². The van der Waals surface area contributed by atoms with Crippen molar-refractivity contribution in [2.75, 3.05) is 5.32 Å². The zero-order chi connectivity index (χ0) is 17.2. The molecule has 0 unspecified atom stereocenters. The molecule has 6 nitrogen and oxygen atoms in total. The minimum absolute atomic E-state index is 0.184. The smallest absolute Gasteiger partial charge is 0.278 e. The molecular formula is C18H22BrN5O. The van der Waals surface area contributed by atoms with Gasteiger partial charge in [-0.05, 0) is 72.2 Å². The molecule has 0 atom stereocenters. The van der Waals surface area contributed by atoms with Crippen molar-refractivity contribution in [1.29, 1.82) is 0 Å². The average molecular weight is 404 g/mol. The van der Waals surface area contributed by atoms with Crippen LogP contribution >= 0.6 is 15.9 Å². The number of halogens is 1. The molecule has 0 spiro atoms. The van der Waals surface area contributed by atoms with Crippen molar-refractivity contribution in [1.82, 2.24) is 19.6 Å². The van der Waals surface area contributed by atoms with E-state index >= 15 is 0 Å². The fraction of sp³-hybridized carbons (Fsp3) is 0.611. The lowest BCUT2D eigenvalue weighted by atomic mass is 9.53. The average Bonchev–Trinajstić information content (AvgIpc) is 3.12. The maximum Gasteiger partial charge on any atom is 0.278 e. The summed E-state index contributed by atoms with van der Waals surface area (Å²) < 4.78 is 4.46. The van der Waals surface area contributed by atoms with Gasteiger partial charge in [-0.3, -0.25) is 14.2 Å². The number of aromatic nitrogens is 4. The molecule has 2 aromatic heterocycles. The fourth-order valence-corrected chi connectivity index (χ4v) is 6.34. The monoisotopic (exact) mass is 403 g/mol. The summed E-state index contributed by atoms with van der Waals surface area (Å²) in [5.41, 5.74) is 0.565. The molecule has 2 heterocycles. The van der Waals surface area contributed by atoms with E-state index in [1.807, 2.05) is 6.07 Å². The van der Waals surface area contributed by atoms with Crippen LogP contribution in [0.4, 0.5) is 5.82 Å². The maximum absolute atomic E-state index is 12.4. The van der Waals surface area contributed by atoms with Gasteiger partial charge in [0.1, 0.15) is 0 Å². The standard InChI is InChI=1S/C18H22BrN5O/c1-23-10-14(19)16(22-23)17(25)20-15-2-3-24(21-15)18-7-11-4-12(8-18)6-13(5-11)9-18/h2-3,10-13H,4-9H2,1H3,(H,20,21,25). The van der Waals surface area contributed by atoms with Gasteiger partial charge in [-0.1, -0.05) is 0 Å². The number of amides is 1. The highest BCUT2D eigenvalue weighted by Crippen LogP contribution is 2.58. The molecule has 25 heavy (non-hydrogen) atoms. The van der Waals surface area contributed by atoms with Crippen molar-refractivity contribution in [2.24, 2.45) is 24.8 Å². The van der Waals surface area contributed by atoms with Gasteiger partial charge >= 0.3 is 0 Å². The third-order valence-corrected chi connectivity index (χ3v) is 6.90. The topological polar surface area (TPSA) is 64.7 Å². The van der Waals surface area contributed by atoms with E-state index in [2.05, 4.69) is 37.2 Å². The predicted molar refractivity (Wildman–Crippen MR) is 97.2 cm³/mol. The summed E-state index contributed by atoms with van der Waals surface area (Å²) in [5, 5.41) is 11.8. The van der Waals surface area contributed by atoms with Gasteiger partial charge in [0.2, 0.25) is 0 Å². The Morgan fingerprint density at radius 1 is 1.20 bits per heavy atom. The van der Waals surface area contributed by atoms with Crippen LogP contribution < -0.4 is 5.32 Å². The van der Waals surface area contributed by atoms with Crippen LogP contribution in [0.1, 0.15) is 49.0 Å². The summed E-state index contributed by atoms with van der Waals surface area (Å²) in [7, 11) is 1.79. The van der Waals surface area contributed by atoms with Gasteiger partial charge < -0.3 is 5.32 Å². The number of rotatable bonds is 3. The van der Waals surface area contributed by atoms with Gasteiger partial charge in [-0.15, -0.1) is 0 Å². The molecule has 4 aliphatic carbocycles. The first-order chi connectivity index (χ1) is 12.0. The Morgan fingerprint density at radius 2 is 1.84 bits per heavy atom. The summed E-state index contributed by atoms with van der Waals surface area (Å²) in [6.45, 7) is 0. The number of aryl methyl sites for hydroxylation is 1. The second-order valence-electron chi connectivity index (χ2n) is 8.24. The highest BCUT2D eigenvalue weighted by Gasteiger charge is 2.52. The van der Waals surface area contributed by atoms with Crippen molar-refractivity contribution in [2.45, 2.75) is 44.1 Å². The zero-order valence-electron chi connectivity index (χ0n) is 14.3. The number of nitrogens with zero attached hydrogens (tertiary/aromatic N) is 4. The second kappa shape index (κ2) is 5.43. The van der Waals surface area contributed by atoms with Crippen molar-refractivity contribution >= 4 is 27.7 Å². The number of hydrogen-bond acceptors (Lipinski definition) is 3. The number of nitrogens with one attached hydrogen (secondary N) is 1. The molecule has 0 saturated heterocycles. The van der Waals surface area contributed by atoms with Crippen molar-refractivity contribution in [3.63, 3.8) is 0 Å². The molecule has 6 rings (SSSR count). The molecule has 2 aromatic rings. The summed E-state index contributed by atoms with van der Waals surface area (Å²) in [4.78, 5) is 12.4. The Morgan fingerprint density at radius 3 is 2.40 bits per heavy atom. The summed E-state index contributed by atoms with van der Waals surface area (Å²) in [5.74, 6) is 3.00. The lowest BCUT2D eigenvalue weighted by molar-refractivity contribution is -0.0492. The summed E-state index contributed by atoms with van der Waals surface area (Å²) in [6, 6.07) is 1.91. The molecule has 0 aliphatic heterocycles. The van der Waals surface area contributed by atoms with Gasteiger partial charge in [0.15, 0.2) is 11.5 Å². The van der Waals surface area contributed by atoms with Crippen molar-refractivity contribution < 1.29 is 4.79 Å². The molecule has 1 N–H and O–H groups in total. The van der Waals surface area contributed by atoms with E-state index < -0.39 is 0 Å². The Bertz CT molecular complexity index is 803. The second-order valence-corrected chi connectivity index (χ2v) is 9.10. The molecule has 4 aliphatic rings. The van der Waals surface area contributed by atoms with Crippen LogP contribution in [0.15, 0.2) is 22.9 Å². The first kappa shape index (κ1) is 15.6. The maximum atomic E-state index is 12.4. The zero-order valence-corrected chi connectivity index (χ0v) is 15.9. The SMILES string of the molecule is Cn1cc(Br)c(C(=O)Nc2ccn(C34CC5CC(CC(C5)C3)C4)n2)n1. The molecule has 0 aromatic carbocycles. The Kier molecular flexibility index (Phi) is 3.39. The first-order valence-electron chi connectivity index (χ1n) is 9.07. The third kappa shape index (κ3) is 2.55. The largest absolute Gasteiger partial charge is 0.304 e. The molecular weight excluding hydrogens is 382 g/mol. The number of hydrogen-bond donors (Lipinski definition) is 1. The van der Waals surface area contributed by atoms with Crippen molar-refractivity contribution in [3.8, 4) is 0 Å². The minimum Gasteiger partial charge on any atom is -0.304 e. The number of anilines is 1. The van der Waals surface area contributed by atoms with E-state index in [4.69, 9.17) is 5.10 Å². The molecule has 4 saturated carbocycles. The summed E-state index contributed by atoms with van der Waals surface area (Å²) >= 11 is 3.37. The first-order valence-corrected chi connectivity index (χ1v) is 9.87. The van der Waals surface area contributed by atoms with Gasteiger partial charge in [0.05, 0.1) is 10.0 Å².